The van der Waals surface area contributed by atoms with Crippen molar-refractivity contribution in [2.75, 3.05) is 51.1 Å². The Kier molecular flexibility index (Phi) is 14.4. The Balaban J connectivity index is 1.57. The van der Waals surface area contributed by atoms with E-state index in [1.807, 2.05) is 33.0 Å². The highest BCUT2D eigenvalue weighted by atomic mass is 35.5. The highest BCUT2D eigenvalue weighted by Crippen LogP contribution is 2.29. The van der Waals surface area contributed by atoms with Crippen LogP contribution in [-0.4, -0.2) is 85.6 Å². The van der Waals surface area contributed by atoms with Crippen LogP contribution >= 0.6 is 23.2 Å². The van der Waals surface area contributed by atoms with Gasteiger partial charge in [-0.3, -0.25) is 9.69 Å². The van der Waals surface area contributed by atoms with Gasteiger partial charge in [0.05, 0.1) is 47.6 Å². The molecule has 4 rings (SSSR count). The lowest BCUT2D eigenvalue weighted by atomic mass is 10.0. The molecule has 12 heteroatoms. The number of ether oxygens (including phenoxy) is 3. The van der Waals surface area contributed by atoms with E-state index >= 15 is 0 Å². The van der Waals surface area contributed by atoms with Crippen molar-refractivity contribution in [2.24, 2.45) is 5.92 Å². The zero-order chi connectivity index (χ0) is 35.5. The molecule has 0 saturated heterocycles. The molecule has 10 nitrogen and oxygen atoms in total. The fourth-order valence-electron chi connectivity index (χ4n) is 5.75. The number of benzene rings is 3. The number of carbonyl (C=O) groups excluding carboxylic acids is 2. The van der Waals surface area contributed by atoms with Crippen LogP contribution in [0.3, 0.4) is 0 Å². The SMILES string of the molecule is COc1ccc(NC(=O)Nc2ccc3c(c2)C(=O)N([C@H](C)CO)C[C@@H](C)[C@@H](CN(C)Cc2ccc(Cl)c(Cl)c2)OCCCC[C@H](C)O3)cc1. The van der Waals surface area contributed by atoms with Crippen LogP contribution in [0.5, 0.6) is 11.5 Å². The molecule has 0 aromatic heterocycles. The van der Waals surface area contributed by atoms with E-state index in [1.165, 1.54) is 0 Å². The number of hydrogen-bond acceptors (Lipinski definition) is 7. The number of likely N-dealkylation sites (N-methyl/N-ethyl adjacent to an activating group) is 1. The first-order valence-corrected chi connectivity index (χ1v) is 17.4. The van der Waals surface area contributed by atoms with E-state index < -0.39 is 12.1 Å². The van der Waals surface area contributed by atoms with E-state index in [-0.39, 0.29) is 30.6 Å². The van der Waals surface area contributed by atoms with Gasteiger partial charge in [0.1, 0.15) is 11.5 Å². The lowest BCUT2D eigenvalue weighted by molar-refractivity contribution is -0.0177. The Morgan fingerprint density at radius 3 is 2.45 bits per heavy atom. The molecule has 0 saturated carbocycles. The van der Waals surface area contributed by atoms with Crippen LogP contribution in [0.15, 0.2) is 60.7 Å². The molecule has 1 heterocycles. The molecular weight excluding hydrogens is 667 g/mol. The predicted molar refractivity (Wildman–Crippen MR) is 195 cm³/mol. The maximum absolute atomic E-state index is 14.4. The largest absolute Gasteiger partial charge is 0.497 e. The fourth-order valence-corrected chi connectivity index (χ4v) is 6.07. The van der Waals surface area contributed by atoms with Crippen LogP contribution in [0.2, 0.25) is 10.0 Å². The summed E-state index contributed by atoms with van der Waals surface area (Å²) in [6, 6.07) is 16.7. The van der Waals surface area contributed by atoms with Crippen LogP contribution < -0.4 is 20.1 Å². The van der Waals surface area contributed by atoms with Crippen LogP contribution in [0.4, 0.5) is 16.2 Å². The molecule has 0 radical (unpaired) electrons. The van der Waals surface area contributed by atoms with E-state index in [1.54, 1.807) is 60.5 Å². The quantitative estimate of drug-likeness (QED) is 0.210. The first-order valence-electron chi connectivity index (χ1n) is 16.7. The monoisotopic (exact) mass is 714 g/mol. The lowest BCUT2D eigenvalue weighted by Crippen LogP contribution is -2.47. The minimum absolute atomic E-state index is 0.0861. The van der Waals surface area contributed by atoms with Gasteiger partial charge in [0.15, 0.2) is 0 Å². The lowest BCUT2D eigenvalue weighted by Gasteiger charge is -2.36. The number of urea groups is 1. The second-order valence-corrected chi connectivity index (χ2v) is 13.6. The number of methoxy groups -OCH3 is 1. The highest BCUT2D eigenvalue weighted by Gasteiger charge is 2.30. The van der Waals surface area contributed by atoms with Crippen LogP contribution in [0, 0.1) is 5.92 Å². The van der Waals surface area contributed by atoms with Gasteiger partial charge in [0.2, 0.25) is 0 Å². The second kappa shape index (κ2) is 18.5. The number of halogens is 2. The van der Waals surface area contributed by atoms with E-state index in [9.17, 15) is 14.7 Å². The maximum Gasteiger partial charge on any atom is 0.323 e. The fraction of sp³-hybridized carbons (Fsp3) is 0.459. The average Bonchev–Trinajstić information content (AvgIpc) is 3.08. The number of nitrogens with one attached hydrogen (secondary N) is 2. The van der Waals surface area contributed by atoms with Gasteiger partial charge in [-0.25, -0.2) is 4.79 Å². The van der Waals surface area contributed by atoms with E-state index in [0.29, 0.717) is 64.7 Å². The maximum atomic E-state index is 14.4. The molecule has 1 aliphatic heterocycles. The summed E-state index contributed by atoms with van der Waals surface area (Å²) in [5, 5.41) is 16.9. The third kappa shape index (κ3) is 11.2. The molecule has 3 aromatic rings. The van der Waals surface area contributed by atoms with E-state index in [0.717, 1.165) is 24.8 Å². The standard InChI is InChI=1S/C37H48Cl2N4O6/c1-24-20-43(25(2)23-44)36(45)31-19-29(41-37(46)40-28-10-13-30(47-5)14-11-28)12-16-34(31)49-26(3)8-6-7-17-48-35(24)22-42(4)21-27-9-15-32(38)33(39)18-27/h9-16,18-19,24-26,35,44H,6-8,17,20-23H2,1-5H3,(H2,40,41,46)/t24-,25-,26+,35-/m1/s1. The Labute approximate surface area is 299 Å². The van der Waals surface area contributed by atoms with Crippen LogP contribution in [-0.2, 0) is 11.3 Å². The smallest absolute Gasteiger partial charge is 0.323 e. The van der Waals surface area contributed by atoms with Crippen LogP contribution in [0.25, 0.3) is 0 Å². The van der Waals surface area contributed by atoms with Gasteiger partial charge in [-0.1, -0.05) is 36.2 Å². The summed E-state index contributed by atoms with van der Waals surface area (Å²) < 4.78 is 18.0. The predicted octanol–water partition coefficient (Wildman–Crippen LogP) is 7.57. The first-order chi connectivity index (χ1) is 23.5. The van der Waals surface area contributed by atoms with Crippen molar-refractivity contribution >= 4 is 46.5 Å². The summed E-state index contributed by atoms with van der Waals surface area (Å²) in [6.07, 6.45) is 2.17. The van der Waals surface area contributed by atoms with Crippen molar-refractivity contribution in [3.05, 3.63) is 81.8 Å². The summed E-state index contributed by atoms with van der Waals surface area (Å²) in [6.45, 7) is 7.80. The molecule has 0 unspecified atom stereocenters. The Hall–Kier alpha value is -3.54. The molecule has 3 N–H and O–H groups in total. The molecule has 1 aliphatic rings. The van der Waals surface area contributed by atoms with Crippen molar-refractivity contribution in [2.45, 2.75) is 64.8 Å². The molecule has 0 aliphatic carbocycles. The van der Waals surface area contributed by atoms with Gasteiger partial charge < -0.3 is 34.9 Å². The number of anilines is 2. The van der Waals surface area contributed by atoms with Crippen molar-refractivity contribution in [1.82, 2.24) is 9.80 Å². The number of nitrogens with zero attached hydrogens (tertiary/aromatic N) is 2. The number of hydrogen-bond donors (Lipinski definition) is 3. The minimum Gasteiger partial charge on any atom is -0.497 e. The zero-order valence-corrected chi connectivity index (χ0v) is 30.4. The summed E-state index contributed by atoms with van der Waals surface area (Å²) in [7, 11) is 3.60. The second-order valence-electron chi connectivity index (χ2n) is 12.8. The summed E-state index contributed by atoms with van der Waals surface area (Å²) in [4.78, 5) is 31.1. The summed E-state index contributed by atoms with van der Waals surface area (Å²) in [5.41, 5.74) is 2.34. The number of carbonyl (C=O) groups is 2. The zero-order valence-electron chi connectivity index (χ0n) is 28.9. The van der Waals surface area contributed by atoms with Gasteiger partial charge in [0.25, 0.3) is 5.91 Å². The molecule has 266 valence electrons. The van der Waals surface area contributed by atoms with Crippen molar-refractivity contribution in [1.29, 1.82) is 0 Å². The van der Waals surface area contributed by atoms with Gasteiger partial charge in [-0.2, -0.15) is 0 Å². The molecule has 4 atom stereocenters. The minimum atomic E-state index is -0.488. The van der Waals surface area contributed by atoms with E-state index in [4.69, 9.17) is 37.4 Å². The molecule has 49 heavy (non-hydrogen) atoms. The Morgan fingerprint density at radius 2 is 1.76 bits per heavy atom. The Bertz CT molecular complexity index is 1540. The summed E-state index contributed by atoms with van der Waals surface area (Å²) >= 11 is 12.4. The van der Waals surface area contributed by atoms with Gasteiger partial charge >= 0.3 is 6.03 Å². The Morgan fingerprint density at radius 1 is 1.04 bits per heavy atom. The number of aliphatic hydroxyl groups excluding tert-OH is 1. The van der Waals surface area contributed by atoms with E-state index in [2.05, 4.69) is 22.5 Å². The molecule has 0 bridgehead atoms. The highest BCUT2D eigenvalue weighted by molar-refractivity contribution is 6.42. The van der Waals surface area contributed by atoms with Crippen molar-refractivity contribution < 1.29 is 28.9 Å². The molecule has 3 aromatic carbocycles. The normalized spacial score (nSPS) is 19.7. The molecule has 0 spiro atoms. The van der Waals surface area contributed by atoms with Crippen LogP contribution in [0.1, 0.15) is 56.0 Å². The number of rotatable bonds is 9. The third-order valence-electron chi connectivity index (χ3n) is 8.59. The van der Waals surface area contributed by atoms with Gasteiger partial charge in [-0.15, -0.1) is 0 Å². The first kappa shape index (κ1) is 38.3. The molecule has 3 amide bonds. The number of aliphatic hydroxyl groups is 1. The molecule has 0 fully saturated rings. The number of amides is 3. The van der Waals surface area contributed by atoms with Crippen molar-refractivity contribution in [3.8, 4) is 11.5 Å². The van der Waals surface area contributed by atoms with Crippen molar-refractivity contribution in [3.63, 3.8) is 0 Å². The molecular formula is C37H48Cl2N4O6. The van der Waals surface area contributed by atoms with Gasteiger partial charge in [-0.05, 0) is 100 Å². The third-order valence-corrected chi connectivity index (χ3v) is 9.32. The number of fused-ring (bicyclic) bond motifs is 1. The van der Waals surface area contributed by atoms with Gasteiger partial charge in [0, 0.05) is 43.5 Å². The average molecular weight is 716 g/mol. The summed E-state index contributed by atoms with van der Waals surface area (Å²) in [5.74, 6) is 0.702. The topological polar surface area (TPSA) is 113 Å².